The van der Waals surface area contributed by atoms with E-state index in [2.05, 4.69) is 35.9 Å². The van der Waals surface area contributed by atoms with Crippen molar-refractivity contribution in [3.63, 3.8) is 0 Å². The molecule has 0 saturated heterocycles. The minimum absolute atomic E-state index is 0.457. The molecule has 0 bridgehead atoms. The van der Waals surface area contributed by atoms with Gasteiger partial charge in [-0.1, -0.05) is 19.9 Å². The van der Waals surface area contributed by atoms with Gasteiger partial charge in [0.05, 0.1) is 7.11 Å². The monoisotopic (exact) mass is 228 g/mol. The van der Waals surface area contributed by atoms with E-state index in [0.29, 0.717) is 11.8 Å². The first-order chi connectivity index (χ1) is 8.20. The Morgan fingerprint density at radius 3 is 2.00 bits per heavy atom. The minimum atomic E-state index is 0.457. The van der Waals surface area contributed by atoms with Gasteiger partial charge in [0.25, 0.3) is 0 Å². The van der Waals surface area contributed by atoms with Crippen LogP contribution in [0.4, 0.5) is 0 Å². The Labute approximate surface area is 102 Å². The van der Waals surface area contributed by atoms with Crippen LogP contribution in [0, 0.1) is 0 Å². The maximum atomic E-state index is 5.03. The molecule has 3 heteroatoms. The summed E-state index contributed by atoms with van der Waals surface area (Å²) >= 11 is 0. The zero-order valence-corrected chi connectivity index (χ0v) is 10.3. The molecule has 2 aromatic rings. The molecule has 0 amide bonds. The van der Waals surface area contributed by atoms with Crippen molar-refractivity contribution in [1.29, 1.82) is 0 Å². The predicted molar refractivity (Wildman–Crippen MR) is 68.1 cm³/mol. The van der Waals surface area contributed by atoms with Crippen LogP contribution in [0.5, 0.6) is 5.88 Å². The second kappa shape index (κ2) is 4.95. The lowest BCUT2D eigenvalue weighted by molar-refractivity contribution is 0.398. The summed E-state index contributed by atoms with van der Waals surface area (Å²) in [5.41, 5.74) is 3.23. The number of ether oxygens (including phenoxy) is 1. The van der Waals surface area contributed by atoms with Gasteiger partial charge in [0.15, 0.2) is 0 Å². The molecule has 0 aliphatic rings. The van der Waals surface area contributed by atoms with Crippen LogP contribution in [-0.4, -0.2) is 17.1 Å². The third kappa shape index (κ3) is 2.61. The third-order valence-corrected chi connectivity index (χ3v) is 2.66. The second-order valence-electron chi connectivity index (χ2n) is 4.22. The van der Waals surface area contributed by atoms with Gasteiger partial charge in [0.2, 0.25) is 5.88 Å². The fraction of sp³-hybridized carbons (Fsp3) is 0.286. The summed E-state index contributed by atoms with van der Waals surface area (Å²) in [6.07, 6.45) is 3.68. The summed E-state index contributed by atoms with van der Waals surface area (Å²) in [6, 6.07) is 7.97. The molecule has 0 N–H and O–H groups in total. The first kappa shape index (κ1) is 11.6. The van der Waals surface area contributed by atoms with Crippen LogP contribution in [0.2, 0.25) is 0 Å². The van der Waals surface area contributed by atoms with Crippen LogP contribution in [0.3, 0.4) is 0 Å². The summed E-state index contributed by atoms with van der Waals surface area (Å²) in [7, 11) is 1.61. The maximum absolute atomic E-state index is 5.03. The Morgan fingerprint density at radius 1 is 0.941 bits per heavy atom. The van der Waals surface area contributed by atoms with E-state index < -0.39 is 0 Å². The minimum Gasteiger partial charge on any atom is -0.481 e. The van der Waals surface area contributed by atoms with E-state index in [1.807, 2.05) is 18.3 Å². The van der Waals surface area contributed by atoms with E-state index in [1.165, 1.54) is 0 Å². The molecule has 0 unspecified atom stereocenters. The van der Waals surface area contributed by atoms with Gasteiger partial charge in [-0.05, 0) is 18.1 Å². The van der Waals surface area contributed by atoms with Crippen LogP contribution < -0.4 is 4.74 Å². The highest BCUT2D eigenvalue weighted by molar-refractivity contribution is 5.61. The lowest BCUT2D eigenvalue weighted by Gasteiger charge is -2.06. The Morgan fingerprint density at radius 2 is 1.59 bits per heavy atom. The fourth-order valence-corrected chi connectivity index (χ4v) is 1.59. The Kier molecular flexibility index (Phi) is 3.38. The van der Waals surface area contributed by atoms with Crippen molar-refractivity contribution in [2.45, 2.75) is 19.8 Å². The van der Waals surface area contributed by atoms with Crippen LogP contribution in [-0.2, 0) is 0 Å². The molecule has 2 heterocycles. The highest BCUT2D eigenvalue weighted by atomic mass is 16.5. The lowest BCUT2D eigenvalue weighted by atomic mass is 10.1. The van der Waals surface area contributed by atoms with Crippen molar-refractivity contribution in [3.05, 3.63) is 42.4 Å². The van der Waals surface area contributed by atoms with Gasteiger partial charge < -0.3 is 4.74 Å². The smallest absolute Gasteiger partial charge is 0.212 e. The quantitative estimate of drug-likeness (QED) is 0.808. The largest absolute Gasteiger partial charge is 0.481 e. The van der Waals surface area contributed by atoms with Crippen molar-refractivity contribution in [2.24, 2.45) is 0 Å². The number of pyridine rings is 2. The van der Waals surface area contributed by atoms with Crippen molar-refractivity contribution in [1.82, 2.24) is 9.97 Å². The molecule has 2 aromatic heterocycles. The topological polar surface area (TPSA) is 35.0 Å². The van der Waals surface area contributed by atoms with Crippen molar-refractivity contribution < 1.29 is 4.74 Å². The zero-order chi connectivity index (χ0) is 12.3. The van der Waals surface area contributed by atoms with Gasteiger partial charge in [-0.2, -0.15) is 0 Å². The van der Waals surface area contributed by atoms with E-state index in [0.717, 1.165) is 16.8 Å². The van der Waals surface area contributed by atoms with Crippen LogP contribution in [0.1, 0.15) is 25.5 Å². The second-order valence-corrected chi connectivity index (χ2v) is 4.22. The predicted octanol–water partition coefficient (Wildman–Crippen LogP) is 3.28. The third-order valence-electron chi connectivity index (χ3n) is 2.66. The fourth-order valence-electron chi connectivity index (χ4n) is 1.59. The van der Waals surface area contributed by atoms with Crippen LogP contribution in [0.15, 0.2) is 36.7 Å². The molecule has 3 nitrogen and oxygen atoms in total. The molecular weight excluding hydrogens is 212 g/mol. The summed E-state index contributed by atoms with van der Waals surface area (Å²) in [5.74, 6) is 1.08. The molecule has 0 fully saturated rings. The van der Waals surface area contributed by atoms with Crippen molar-refractivity contribution in [3.8, 4) is 17.0 Å². The SMILES string of the molecule is COc1ccc(-c2ccc(C(C)C)nc2)cn1. The van der Waals surface area contributed by atoms with Crippen LogP contribution in [0.25, 0.3) is 11.1 Å². The summed E-state index contributed by atoms with van der Waals surface area (Å²) in [6.45, 7) is 4.27. The van der Waals surface area contributed by atoms with Crippen molar-refractivity contribution in [2.75, 3.05) is 7.11 Å². The van der Waals surface area contributed by atoms with Gasteiger partial charge in [-0.3, -0.25) is 4.98 Å². The molecule has 0 radical (unpaired) electrons. The number of aromatic nitrogens is 2. The molecule has 0 saturated carbocycles. The average molecular weight is 228 g/mol. The first-order valence-electron chi connectivity index (χ1n) is 5.67. The van der Waals surface area contributed by atoms with Gasteiger partial charge in [-0.25, -0.2) is 4.98 Å². The Balaban J connectivity index is 2.26. The summed E-state index contributed by atoms with van der Waals surface area (Å²) in [5, 5.41) is 0. The lowest BCUT2D eigenvalue weighted by Crippen LogP contribution is -1.92. The first-order valence-corrected chi connectivity index (χ1v) is 5.67. The molecule has 17 heavy (non-hydrogen) atoms. The molecule has 0 aliphatic carbocycles. The van der Waals surface area contributed by atoms with Crippen molar-refractivity contribution >= 4 is 0 Å². The van der Waals surface area contributed by atoms with Gasteiger partial charge >= 0.3 is 0 Å². The summed E-state index contributed by atoms with van der Waals surface area (Å²) in [4.78, 5) is 8.62. The summed E-state index contributed by atoms with van der Waals surface area (Å²) < 4.78 is 5.03. The maximum Gasteiger partial charge on any atom is 0.212 e. The molecule has 0 atom stereocenters. The highest BCUT2D eigenvalue weighted by Crippen LogP contribution is 2.21. The van der Waals surface area contributed by atoms with E-state index in [-0.39, 0.29) is 0 Å². The Hall–Kier alpha value is -1.90. The molecule has 2 rings (SSSR count). The van der Waals surface area contributed by atoms with Gasteiger partial charge in [0.1, 0.15) is 0 Å². The average Bonchev–Trinajstić information content (AvgIpc) is 2.39. The number of nitrogens with zero attached hydrogens (tertiary/aromatic N) is 2. The highest BCUT2D eigenvalue weighted by Gasteiger charge is 2.03. The number of methoxy groups -OCH3 is 1. The molecule has 0 spiro atoms. The molecular formula is C14H16N2O. The Bertz CT molecular complexity index is 475. The van der Waals surface area contributed by atoms with Gasteiger partial charge in [-0.15, -0.1) is 0 Å². The molecule has 88 valence electrons. The molecule has 0 aliphatic heterocycles. The van der Waals surface area contributed by atoms with E-state index in [4.69, 9.17) is 4.74 Å². The standard InChI is InChI=1S/C14H16N2O/c1-10(2)13-6-4-11(8-15-13)12-5-7-14(17-3)16-9-12/h4-10H,1-3H3. The normalized spacial score (nSPS) is 10.6. The number of hydrogen-bond donors (Lipinski definition) is 0. The van der Waals surface area contributed by atoms with Gasteiger partial charge in [0, 0.05) is 35.3 Å². The van der Waals surface area contributed by atoms with E-state index >= 15 is 0 Å². The zero-order valence-electron chi connectivity index (χ0n) is 10.3. The van der Waals surface area contributed by atoms with E-state index in [9.17, 15) is 0 Å². The molecule has 0 aromatic carbocycles. The van der Waals surface area contributed by atoms with Crippen LogP contribution >= 0.6 is 0 Å². The number of hydrogen-bond acceptors (Lipinski definition) is 3. The number of rotatable bonds is 3. The van der Waals surface area contributed by atoms with E-state index in [1.54, 1.807) is 13.3 Å².